The van der Waals surface area contributed by atoms with Crippen LogP contribution in [0.25, 0.3) is 0 Å². The lowest BCUT2D eigenvalue weighted by molar-refractivity contribution is 0.395. The summed E-state index contributed by atoms with van der Waals surface area (Å²) in [6.45, 7) is 3.57. The second-order valence-corrected chi connectivity index (χ2v) is 7.12. The molecule has 1 aromatic heterocycles. The molecule has 9 heteroatoms. The van der Waals surface area contributed by atoms with E-state index >= 15 is 0 Å². The number of rotatable bonds is 6. The first-order valence-electron chi connectivity index (χ1n) is 6.63. The average molecular weight is 325 g/mol. The van der Waals surface area contributed by atoms with E-state index in [0.29, 0.717) is 12.2 Å². The second kappa shape index (κ2) is 6.01. The minimum atomic E-state index is -3.83. The maximum absolute atomic E-state index is 12.3. The molecule has 0 saturated heterocycles. The molecule has 2 rings (SSSR count). The summed E-state index contributed by atoms with van der Waals surface area (Å²) < 4.78 is 32.5. The van der Waals surface area contributed by atoms with Crippen LogP contribution in [-0.2, 0) is 23.5 Å². The van der Waals surface area contributed by atoms with Gasteiger partial charge < -0.3 is 4.74 Å². The summed E-state index contributed by atoms with van der Waals surface area (Å²) in [5.74, 6) is 0.715. The highest BCUT2D eigenvalue weighted by Gasteiger charge is 2.30. The summed E-state index contributed by atoms with van der Waals surface area (Å²) in [7, 11) is -0.744. The van der Waals surface area contributed by atoms with Crippen LogP contribution in [0.2, 0.25) is 0 Å². The van der Waals surface area contributed by atoms with Crippen LogP contribution in [0.15, 0.2) is 29.4 Å². The van der Waals surface area contributed by atoms with Crippen LogP contribution in [0, 0.1) is 0 Å². The molecule has 1 heterocycles. The zero-order valence-corrected chi connectivity index (χ0v) is 13.8. The molecule has 8 nitrogen and oxygen atoms in total. The number of para-hydroxylation sites is 1. The SMILES string of the molecule is COc1ccccc1CC(C)(C)NS(=O)(=O)c1nnn(C)n1. The summed E-state index contributed by atoms with van der Waals surface area (Å²) in [6.07, 6.45) is 0.455. The number of aryl methyl sites for hydroxylation is 1. The lowest BCUT2D eigenvalue weighted by Crippen LogP contribution is -2.45. The molecular weight excluding hydrogens is 306 g/mol. The number of nitrogens with zero attached hydrogens (tertiary/aromatic N) is 4. The molecule has 0 saturated carbocycles. The fourth-order valence-corrected chi connectivity index (χ4v) is 3.41. The highest BCUT2D eigenvalue weighted by Crippen LogP contribution is 2.23. The first-order chi connectivity index (χ1) is 10.2. The third-order valence-corrected chi connectivity index (χ3v) is 4.43. The molecule has 0 bridgehead atoms. The third kappa shape index (κ3) is 3.80. The molecule has 0 amide bonds. The molecule has 0 fully saturated rings. The van der Waals surface area contributed by atoms with Crippen molar-refractivity contribution in [1.29, 1.82) is 0 Å². The van der Waals surface area contributed by atoms with Gasteiger partial charge in [-0.05, 0) is 37.1 Å². The number of hydrogen-bond donors (Lipinski definition) is 1. The van der Waals surface area contributed by atoms with E-state index in [1.165, 1.54) is 7.05 Å². The zero-order chi connectivity index (χ0) is 16.4. The van der Waals surface area contributed by atoms with Crippen molar-refractivity contribution in [3.8, 4) is 5.75 Å². The van der Waals surface area contributed by atoms with Crippen molar-refractivity contribution in [2.24, 2.45) is 7.05 Å². The first kappa shape index (κ1) is 16.4. The number of methoxy groups -OCH3 is 1. The Kier molecular flexibility index (Phi) is 4.47. The summed E-state index contributed by atoms with van der Waals surface area (Å²) >= 11 is 0. The van der Waals surface area contributed by atoms with E-state index in [2.05, 4.69) is 20.1 Å². The topological polar surface area (TPSA) is 99.0 Å². The highest BCUT2D eigenvalue weighted by molar-refractivity contribution is 7.89. The Morgan fingerprint density at radius 2 is 2.00 bits per heavy atom. The van der Waals surface area contributed by atoms with E-state index in [4.69, 9.17) is 4.74 Å². The summed E-state index contributed by atoms with van der Waals surface area (Å²) in [4.78, 5) is 1.10. The zero-order valence-electron chi connectivity index (χ0n) is 12.9. The van der Waals surface area contributed by atoms with Gasteiger partial charge >= 0.3 is 5.16 Å². The Bertz CT molecular complexity index is 755. The largest absolute Gasteiger partial charge is 0.496 e. The van der Waals surface area contributed by atoms with E-state index < -0.39 is 15.6 Å². The Morgan fingerprint density at radius 3 is 2.59 bits per heavy atom. The van der Waals surface area contributed by atoms with Gasteiger partial charge in [-0.2, -0.15) is 4.80 Å². The van der Waals surface area contributed by atoms with Crippen molar-refractivity contribution < 1.29 is 13.2 Å². The fraction of sp³-hybridized carbons (Fsp3) is 0.462. The monoisotopic (exact) mass is 325 g/mol. The van der Waals surface area contributed by atoms with Crippen molar-refractivity contribution in [2.75, 3.05) is 7.11 Å². The van der Waals surface area contributed by atoms with Gasteiger partial charge in [0.15, 0.2) is 0 Å². The predicted octanol–water partition coefficient (Wildman–Crippen LogP) is 0.518. The van der Waals surface area contributed by atoms with Crippen LogP contribution in [0.1, 0.15) is 19.4 Å². The Labute approximate surface area is 129 Å². The van der Waals surface area contributed by atoms with Gasteiger partial charge in [0.1, 0.15) is 5.75 Å². The van der Waals surface area contributed by atoms with Crippen LogP contribution < -0.4 is 9.46 Å². The molecule has 0 spiro atoms. The second-order valence-electron chi connectivity index (χ2n) is 5.54. The normalized spacial score (nSPS) is 12.4. The summed E-state index contributed by atoms with van der Waals surface area (Å²) in [5.41, 5.74) is 0.164. The smallest absolute Gasteiger partial charge is 0.303 e. The molecule has 0 aliphatic carbocycles. The Balaban J connectivity index is 2.20. The van der Waals surface area contributed by atoms with E-state index in [1.54, 1.807) is 21.0 Å². The summed E-state index contributed by atoms with van der Waals surface area (Å²) in [5, 5.41) is 10.5. The van der Waals surface area contributed by atoms with E-state index in [9.17, 15) is 8.42 Å². The molecule has 0 radical (unpaired) electrons. The first-order valence-corrected chi connectivity index (χ1v) is 8.12. The van der Waals surface area contributed by atoms with Crippen LogP contribution in [0.5, 0.6) is 5.75 Å². The number of aromatic nitrogens is 4. The molecule has 120 valence electrons. The van der Waals surface area contributed by atoms with Gasteiger partial charge in [-0.15, -0.1) is 5.10 Å². The molecule has 0 atom stereocenters. The molecule has 1 aromatic carbocycles. The molecule has 22 heavy (non-hydrogen) atoms. The summed E-state index contributed by atoms with van der Waals surface area (Å²) in [6, 6.07) is 7.48. The average Bonchev–Trinajstić information content (AvgIpc) is 2.85. The Hall–Kier alpha value is -2.00. The lowest BCUT2D eigenvalue weighted by Gasteiger charge is -2.26. The van der Waals surface area contributed by atoms with Gasteiger partial charge in [-0.3, -0.25) is 0 Å². The van der Waals surface area contributed by atoms with E-state index in [-0.39, 0.29) is 5.16 Å². The van der Waals surface area contributed by atoms with Crippen molar-refractivity contribution >= 4 is 10.0 Å². The van der Waals surface area contributed by atoms with Gasteiger partial charge in [-0.25, -0.2) is 13.1 Å². The van der Waals surface area contributed by atoms with Gasteiger partial charge in [0, 0.05) is 5.54 Å². The molecule has 1 N–H and O–H groups in total. The van der Waals surface area contributed by atoms with Crippen molar-refractivity contribution in [3.05, 3.63) is 29.8 Å². The molecular formula is C13H19N5O3S. The van der Waals surface area contributed by atoms with Gasteiger partial charge in [0.25, 0.3) is 10.0 Å². The number of tetrazole rings is 1. The van der Waals surface area contributed by atoms with Crippen molar-refractivity contribution in [2.45, 2.75) is 31.0 Å². The minimum absolute atomic E-state index is 0.344. The number of benzene rings is 1. The maximum Gasteiger partial charge on any atom is 0.303 e. The van der Waals surface area contributed by atoms with Gasteiger partial charge in [0.05, 0.1) is 14.2 Å². The van der Waals surface area contributed by atoms with Crippen molar-refractivity contribution in [3.63, 3.8) is 0 Å². The number of hydrogen-bond acceptors (Lipinski definition) is 6. The molecule has 0 aliphatic rings. The molecule has 2 aromatic rings. The van der Waals surface area contributed by atoms with Crippen LogP contribution in [0.4, 0.5) is 0 Å². The molecule has 0 unspecified atom stereocenters. The number of ether oxygens (including phenoxy) is 1. The standard InChI is InChI=1S/C13H19N5O3S/c1-13(2,9-10-7-5-6-8-11(10)21-4)16-22(19,20)12-14-17-18(3)15-12/h5-8,16H,9H2,1-4H3. The van der Waals surface area contributed by atoms with E-state index in [0.717, 1.165) is 10.4 Å². The predicted molar refractivity (Wildman–Crippen MR) is 79.9 cm³/mol. The fourth-order valence-electron chi connectivity index (χ4n) is 2.14. The van der Waals surface area contributed by atoms with Crippen LogP contribution in [-0.4, -0.2) is 41.3 Å². The quantitative estimate of drug-likeness (QED) is 0.831. The maximum atomic E-state index is 12.3. The minimum Gasteiger partial charge on any atom is -0.496 e. The Morgan fingerprint density at radius 1 is 1.32 bits per heavy atom. The van der Waals surface area contributed by atoms with Crippen molar-refractivity contribution in [1.82, 2.24) is 24.9 Å². The highest BCUT2D eigenvalue weighted by atomic mass is 32.2. The lowest BCUT2D eigenvalue weighted by atomic mass is 9.96. The number of nitrogens with one attached hydrogen (secondary N) is 1. The van der Waals surface area contributed by atoms with Gasteiger partial charge in [-0.1, -0.05) is 23.3 Å². The van der Waals surface area contributed by atoms with E-state index in [1.807, 2.05) is 24.3 Å². The molecule has 0 aliphatic heterocycles. The van der Waals surface area contributed by atoms with Crippen LogP contribution in [0.3, 0.4) is 0 Å². The number of sulfonamides is 1. The third-order valence-electron chi connectivity index (χ3n) is 2.97. The van der Waals surface area contributed by atoms with Gasteiger partial charge in [0.2, 0.25) is 0 Å². The van der Waals surface area contributed by atoms with Crippen LogP contribution >= 0.6 is 0 Å².